The van der Waals surface area contributed by atoms with E-state index in [1.807, 2.05) is 35.2 Å². The van der Waals surface area contributed by atoms with Gasteiger partial charge in [-0.25, -0.2) is 0 Å². The number of likely N-dealkylation sites (tertiary alicyclic amines) is 1. The van der Waals surface area contributed by atoms with Crippen LogP contribution in [0.5, 0.6) is 5.75 Å². The van der Waals surface area contributed by atoms with Gasteiger partial charge in [-0.05, 0) is 48.6 Å². The van der Waals surface area contributed by atoms with Crippen LogP contribution in [0.3, 0.4) is 0 Å². The van der Waals surface area contributed by atoms with Crippen LogP contribution in [-0.2, 0) is 14.8 Å². The number of hydrogen-bond donors (Lipinski definition) is 1. The summed E-state index contributed by atoms with van der Waals surface area (Å²) in [6.07, 6.45) is 1.56. The fraction of sp³-hybridized carbons (Fsp3) is 0.417. The Bertz CT molecular complexity index is 1130. The number of amidine groups is 1. The molecule has 2 aliphatic heterocycles. The lowest BCUT2D eigenvalue weighted by Gasteiger charge is -2.34. The summed E-state index contributed by atoms with van der Waals surface area (Å²) in [6.45, 7) is 5.29. The van der Waals surface area contributed by atoms with Crippen molar-refractivity contribution in [2.75, 3.05) is 20.2 Å². The van der Waals surface area contributed by atoms with Gasteiger partial charge in [0, 0.05) is 18.7 Å². The van der Waals surface area contributed by atoms with E-state index in [9.17, 15) is 13.2 Å². The predicted octanol–water partition coefficient (Wildman–Crippen LogP) is 3.37. The van der Waals surface area contributed by atoms with E-state index in [0.717, 1.165) is 24.2 Å². The van der Waals surface area contributed by atoms with Gasteiger partial charge in [-0.3, -0.25) is 4.79 Å². The highest BCUT2D eigenvalue weighted by Gasteiger charge is 2.35. The number of nitrogens with zero attached hydrogens (tertiary/aromatic N) is 2. The molecule has 0 radical (unpaired) electrons. The van der Waals surface area contributed by atoms with Crippen LogP contribution < -0.4 is 10.1 Å². The molecule has 2 atom stereocenters. The average molecular weight is 456 g/mol. The molecule has 2 unspecified atom stereocenters. The Labute approximate surface area is 189 Å². The molecule has 0 aliphatic carbocycles. The maximum Gasteiger partial charge on any atom is 0.285 e. The van der Waals surface area contributed by atoms with E-state index in [1.165, 1.54) is 0 Å². The van der Waals surface area contributed by atoms with Crippen molar-refractivity contribution in [1.29, 1.82) is 0 Å². The molecule has 2 heterocycles. The van der Waals surface area contributed by atoms with Crippen LogP contribution in [0.2, 0.25) is 0 Å². The highest BCUT2D eigenvalue weighted by molar-refractivity contribution is 7.90. The summed E-state index contributed by atoms with van der Waals surface area (Å²) in [5, 5.41) is 3.22. The van der Waals surface area contributed by atoms with E-state index < -0.39 is 10.0 Å². The summed E-state index contributed by atoms with van der Waals surface area (Å²) < 4.78 is 34.2. The van der Waals surface area contributed by atoms with Crippen molar-refractivity contribution in [1.82, 2.24) is 10.2 Å². The molecule has 1 saturated heterocycles. The summed E-state index contributed by atoms with van der Waals surface area (Å²) >= 11 is 0. The third-order valence-corrected chi connectivity index (χ3v) is 7.47. The zero-order valence-corrected chi connectivity index (χ0v) is 19.4. The van der Waals surface area contributed by atoms with Crippen LogP contribution in [0.4, 0.5) is 0 Å². The molecule has 1 amide bonds. The highest BCUT2D eigenvalue weighted by Crippen LogP contribution is 2.30. The number of benzene rings is 2. The minimum atomic E-state index is -3.68. The molecule has 1 N–H and O–H groups in total. The fourth-order valence-corrected chi connectivity index (χ4v) is 5.64. The zero-order chi connectivity index (χ0) is 22.9. The van der Waals surface area contributed by atoms with Crippen LogP contribution in [0, 0.1) is 11.8 Å². The van der Waals surface area contributed by atoms with Crippen LogP contribution in [0.25, 0.3) is 0 Å². The molecule has 32 heavy (non-hydrogen) atoms. The van der Waals surface area contributed by atoms with Gasteiger partial charge in [0.15, 0.2) is 5.84 Å². The van der Waals surface area contributed by atoms with E-state index in [-0.39, 0.29) is 28.7 Å². The van der Waals surface area contributed by atoms with Gasteiger partial charge in [0.1, 0.15) is 10.6 Å². The third-order valence-electron chi connectivity index (χ3n) is 6.14. The molecule has 170 valence electrons. The van der Waals surface area contributed by atoms with Crippen LogP contribution in [-0.4, -0.2) is 45.3 Å². The fourth-order valence-electron chi connectivity index (χ4n) is 4.42. The lowest BCUT2D eigenvalue weighted by molar-refractivity contribution is -0.127. The van der Waals surface area contributed by atoms with Gasteiger partial charge in [-0.1, -0.05) is 38.1 Å². The Morgan fingerprint density at radius 1 is 1.16 bits per heavy atom. The SMILES string of the molecule is COc1ccc(C(NC(=O)C2CCCN(C3=NS(=O)(=O)c4ccccc43)C2)C(C)C)cc1. The molecule has 0 saturated carbocycles. The van der Waals surface area contributed by atoms with Crippen molar-refractivity contribution in [3.05, 3.63) is 59.7 Å². The minimum absolute atomic E-state index is 0.0149. The third kappa shape index (κ3) is 4.37. The van der Waals surface area contributed by atoms with Crippen molar-refractivity contribution in [2.45, 2.75) is 37.6 Å². The topological polar surface area (TPSA) is 88.1 Å². The molecular weight excluding hydrogens is 426 g/mol. The Morgan fingerprint density at radius 3 is 2.56 bits per heavy atom. The van der Waals surface area contributed by atoms with Crippen LogP contribution >= 0.6 is 0 Å². The Hall–Kier alpha value is -2.87. The monoisotopic (exact) mass is 455 g/mol. The maximum absolute atomic E-state index is 13.2. The van der Waals surface area contributed by atoms with E-state index in [4.69, 9.17) is 4.74 Å². The van der Waals surface area contributed by atoms with Crippen LogP contribution in [0.15, 0.2) is 57.8 Å². The lowest BCUT2D eigenvalue weighted by Crippen LogP contribution is -2.46. The Balaban J connectivity index is 1.50. The van der Waals surface area contributed by atoms with E-state index >= 15 is 0 Å². The molecule has 2 aromatic rings. The quantitative estimate of drug-likeness (QED) is 0.747. The first-order chi connectivity index (χ1) is 15.3. The molecule has 1 fully saturated rings. The van der Waals surface area contributed by atoms with Gasteiger partial charge in [-0.15, -0.1) is 4.40 Å². The molecule has 7 nitrogen and oxygen atoms in total. The number of carbonyl (C=O) groups is 1. The van der Waals surface area contributed by atoms with E-state index in [0.29, 0.717) is 24.5 Å². The van der Waals surface area contributed by atoms with Crippen molar-refractivity contribution < 1.29 is 17.9 Å². The number of nitrogens with one attached hydrogen (secondary N) is 1. The summed E-state index contributed by atoms with van der Waals surface area (Å²) in [7, 11) is -2.05. The number of rotatable bonds is 5. The summed E-state index contributed by atoms with van der Waals surface area (Å²) in [5.74, 6) is 1.19. The summed E-state index contributed by atoms with van der Waals surface area (Å²) in [6, 6.07) is 14.5. The smallest absolute Gasteiger partial charge is 0.285 e. The average Bonchev–Trinajstić information content (AvgIpc) is 3.08. The molecule has 4 rings (SSSR count). The standard InChI is InChI=1S/C24H29N3O4S/c1-16(2)22(17-10-12-19(31-3)13-11-17)25-24(28)18-7-6-14-27(15-18)23-20-8-4-5-9-21(20)32(29,30)26-23/h4-5,8-13,16,18,22H,6-7,14-15H2,1-3H3,(H,25,28). The second kappa shape index (κ2) is 8.94. The Kier molecular flexibility index (Phi) is 6.24. The number of carbonyl (C=O) groups excluding carboxylic acids is 1. The molecule has 0 aromatic heterocycles. The van der Waals surface area contributed by atoms with Gasteiger partial charge >= 0.3 is 0 Å². The number of sulfonamides is 1. The number of amides is 1. The Morgan fingerprint density at radius 2 is 1.88 bits per heavy atom. The largest absolute Gasteiger partial charge is 0.497 e. The molecule has 8 heteroatoms. The second-order valence-corrected chi connectivity index (χ2v) is 10.2. The number of hydrogen-bond acceptors (Lipinski definition) is 5. The van der Waals surface area contributed by atoms with Crippen molar-refractivity contribution >= 4 is 21.8 Å². The first-order valence-electron chi connectivity index (χ1n) is 10.9. The molecule has 0 bridgehead atoms. The molecule has 2 aliphatic rings. The number of ether oxygens (including phenoxy) is 1. The maximum atomic E-state index is 13.2. The van der Waals surface area contributed by atoms with Gasteiger partial charge in [-0.2, -0.15) is 8.42 Å². The zero-order valence-electron chi connectivity index (χ0n) is 18.6. The van der Waals surface area contributed by atoms with Crippen molar-refractivity contribution in [3.63, 3.8) is 0 Å². The van der Waals surface area contributed by atoms with Crippen molar-refractivity contribution in [2.24, 2.45) is 16.2 Å². The predicted molar refractivity (Wildman–Crippen MR) is 123 cm³/mol. The molecule has 2 aromatic carbocycles. The van der Waals surface area contributed by atoms with Gasteiger partial charge in [0.25, 0.3) is 10.0 Å². The highest BCUT2D eigenvalue weighted by atomic mass is 32.2. The van der Waals surface area contributed by atoms with Gasteiger partial charge < -0.3 is 15.0 Å². The molecular formula is C24H29N3O4S. The van der Waals surface area contributed by atoms with Gasteiger partial charge in [0.2, 0.25) is 5.91 Å². The lowest BCUT2D eigenvalue weighted by atomic mass is 9.92. The van der Waals surface area contributed by atoms with Crippen molar-refractivity contribution in [3.8, 4) is 5.75 Å². The normalized spacial score (nSPS) is 20.4. The number of fused-ring (bicyclic) bond motifs is 1. The van der Waals surface area contributed by atoms with E-state index in [1.54, 1.807) is 25.3 Å². The van der Waals surface area contributed by atoms with Crippen LogP contribution in [0.1, 0.15) is 43.9 Å². The minimum Gasteiger partial charge on any atom is -0.497 e. The molecule has 0 spiro atoms. The van der Waals surface area contributed by atoms with Gasteiger partial charge in [0.05, 0.1) is 19.1 Å². The summed E-state index contributed by atoms with van der Waals surface area (Å²) in [5.41, 5.74) is 1.65. The number of piperidine rings is 1. The first kappa shape index (κ1) is 22.3. The second-order valence-electron chi connectivity index (χ2n) is 8.67. The number of methoxy groups -OCH3 is 1. The van der Waals surface area contributed by atoms with E-state index in [2.05, 4.69) is 23.6 Å². The summed E-state index contributed by atoms with van der Waals surface area (Å²) in [4.78, 5) is 15.4. The first-order valence-corrected chi connectivity index (χ1v) is 12.4.